The largest absolute Gasteiger partial charge is 0.354 e. The number of hydrogen-bond acceptors (Lipinski definition) is 3. The molecule has 3 rings (SSSR count). The average Bonchev–Trinajstić information content (AvgIpc) is 2.77. The van der Waals surface area contributed by atoms with Gasteiger partial charge in [-0.3, -0.25) is 10.1 Å². The molecule has 0 bridgehead atoms. The van der Waals surface area contributed by atoms with Crippen LogP contribution in [0.2, 0.25) is 0 Å². The van der Waals surface area contributed by atoms with E-state index < -0.39 is 0 Å². The molecule has 124 valence electrons. The van der Waals surface area contributed by atoms with Gasteiger partial charge in [-0.05, 0) is 24.6 Å². The Morgan fingerprint density at radius 3 is 2.75 bits per heavy atom. The van der Waals surface area contributed by atoms with E-state index in [1.807, 2.05) is 49.4 Å². The number of carbonyl (C=O) groups is 2. The lowest BCUT2D eigenvalue weighted by molar-refractivity contribution is -0.121. The van der Waals surface area contributed by atoms with Crippen molar-refractivity contribution >= 4 is 17.8 Å². The number of aromatic nitrogens is 1. The molecule has 1 unspecified atom stereocenters. The van der Waals surface area contributed by atoms with Crippen LogP contribution in [0.1, 0.15) is 23.7 Å². The molecule has 6 heteroatoms. The summed E-state index contributed by atoms with van der Waals surface area (Å²) >= 11 is 0. The van der Waals surface area contributed by atoms with Crippen molar-refractivity contribution in [3.63, 3.8) is 0 Å². The monoisotopic (exact) mass is 324 g/mol. The quantitative estimate of drug-likeness (QED) is 0.891. The number of nitrogens with zero attached hydrogens (tertiary/aromatic N) is 2. The van der Waals surface area contributed by atoms with Crippen LogP contribution in [0.5, 0.6) is 0 Å². The van der Waals surface area contributed by atoms with Gasteiger partial charge in [0.2, 0.25) is 5.91 Å². The Morgan fingerprint density at radius 2 is 2.00 bits per heavy atom. The SMILES string of the molecule is Cc1cccc(NC(=O)N2CCNC(=O)CC2c2ccccc2)n1. The summed E-state index contributed by atoms with van der Waals surface area (Å²) in [6, 6.07) is 14.6. The Labute approximate surface area is 140 Å². The lowest BCUT2D eigenvalue weighted by Gasteiger charge is -2.29. The first-order valence-corrected chi connectivity index (χ1v) is 7.96. The topological polar surface area (TPSA) is 74.3 Å². The number of urea groups is 1. The van der Waals surface area contributed by atoms with E-state index in [4.69, 9.17) is 0 Å². The molecule has 1 aliphatic rings. The predicted octanol–water partition coefficient (Wildman–Crippen LogP) is 2.49. The van der Waals surface area contributed by atoms with Crippen molar-refractivity contribution in [2.75, 3.05) is 18.4 Å². The number of rotatable bonds is 2. The number of carbonyl (C=O) groups excluding carboxylic acids is 2. The smallest absolute Gasteiger partial charge is 0.323 e. The summed E-state index contributed by atoms with van der Waals surface area (Å²) in [5.74, 6) is 0.461. The minimum absolute atomic E-state index is 0.0483. The first kappa shape index (κ1) is 16.0. The Bertz CT molecular complexity index is 733. The molecule has 3 amide bonds. The standard InChI is InChI=1S/C18H20N4O2/c1-13-6-5-9-16(20-13)21-18(24)22-11-10-19-17(23)12-15(22)14-7-3-2-4-8-14/h2-9,15H,10-12H2,1H3,(H,19,23)(H,20,21,24). The van der Waals surface area contributed by atoms with Gasteiger partial charge in [-0.15, -0.1) is 0 Å². The van der Waals surface area contributed by atoms with Gasteiger partial charge in [0.05, 0.1) is 12.5 Å². The van der Waals surface area contributed by atoms with Crippen molar-refractivity contribution in [1.29, 1.82) is 0 Å². The van der Waals surface area contributed by atoms with E-state index in [1.54, 1.807) is 11.0 Å². The van der Waals surface area contributed by atoms with Gasteiger partial charge in [0.1, 0.15) is 5.82 Å². The fourth-order valence-corrected chi connectivity index (χ4v) is 2.84. The maximum Gasteiger partial charge on any atom is 0.323 e. The van der Waals surface area contributed by atoms with Gasteiger partial charge in [-0.1, -0.05) is 36.4 Å². The van der Waals surface area contributed by atoms with E-state index in [9.17, 15) is 9.59 Å². The number of hydrogen-bond donors (Lipinski definition) is 2. The van der Waals surface area contributed by atoms with E-state index in [0.717, 1.165) is 11.3 Å². The van der Waals surface area contributed by atoms with Crippen LogP contribution in [-0.2, 0) is 4.79 Å². The van der Waals surface area contributed by atoms with Crippen LogP contribution < -0.4 is 10.6 Å². The summed E-state index contributed by atoms with van der Waals surface area (Å²) < 4.78 is 0. The molecule has 1 fully saturated rings. The second-order valence-electron chi connectivity index (χ2n) is 5.77. The molecule has 0 spiro atoms. The van der Waals surface area contributed by atoms with Gasteiger partial charge in [-0.25, -0.2) is 9.78 Å². The van der Waals surface area contributed by atoms with Gasteiger partial charge < -0.3 is 10.2 Å². The highest BCUT2D eigenvalue weighted by Crippen LogP contribution is 2.26. The van der Waals surface area contributed by atoms with Crippen LogP contribution in [0, 0.1) is 6.92 Å². The molecule has 1 aliphatic heterocycles. The van der Waals surface area contributed by atoms with Gasteiger partial charge in [0, 0.05) is 18.8 Å². The van der Waals surface area contributed by atoms with Crippen LogP contribution in [0.15, 0.2) is 48.5 Å². The maximum absolute atomic E-state index is 12.8. The van der Waals surface area contributed by atoms with Crippen LogP contribution >= 0.6 is 0 Å². The van der Waals surface area contributed by atoms with Crippen molar-refractivity contribution in [3.8, 4) is 0 Å². The Kier molecular flexibility index (Phi) is 4.74. The third-order valence-corrected chi connectivity index (χ3v) is 4.00. The molecule has 0 aliphatic carbocycles. The number of benzene rings is 1. The summed E-state index contributed by atoms with van der Waals surface area (Å²) in [5, 5.41) is 5.66. The summed E-state index contributed by atoms with van der Waals surface area (Å²) in [5.41, 5.74) is 1.78. The number of anilines is 1. The number of nitrogens with one attached hydrogen (secondary N) is 2. The molecule has 2 N–H and O–H groups in total. The van der Waals surface area contributed by atoms with Gasteiger partial charge in [0.15, 0.2) is 0 Å². The van der Waals surface area contributed by atoms with Crippen LogP contribution in [-0.4, -0.2) is 34.9 Å². The van der Waals surface area contributed by atoms with Crippen molar-refractivity contribution in [1.82, 2.24) is 15.2 Å². The maximum atomic E-state index is 12.8. The van der Waals surface area contributed by atoms with E-state index in [2.05, 4.69) is 15.6 Å². The Balaban J connectivity index is 1.84. The molecule has 24 heavy (non-hydrogen) atoms. The molecular formula is C18H20N4O2. The van der Waals surface area contributed by atoms with Gasteiger partial charge in [-0.2, -0.15) is 0 Å². The van der Waals surface area contributed by atoms with Crippen LogP contribution in [0.3, 0.4) is 0 Å². The molecule has 0 saturated carbocycles. The molecule has 1 aromatic heterocycles. The Morgan fingerprint density at radius 1 is 1.21 bits per heavy atom. The van der Waals surface area contributed by atoms with Crippen molar-refractivity contribution in [3.05, 3.63) is 59.8 Å². The van der Waals surface area contributed by atoms with Crippen molar-refractivity contribution < 1.29 is 9.59 Å². The normalized spacial score (nSPS) is 17.8. The number of amides is 3. The van der Waals surface area contributed by atoms with Crippen molar-refractivity contribution in [2.45, 2.75) is 19.4 Å². The fraction of sp³-hybridized carbons (Fsp3) is 0.278. The van der Waals surface area contributed by atoms with Gasteiger partial charge >= 0.3 is 6.03 Å². The lowest BCUT2D eigenvalue weighted by Crippen LogP contribution is -2.39. The van der Waals surface area contributed by atoms with E-state index in [0.29, 0.717) is 18.9 Å². The highest BCUT2D eigenvalue weighted by atomic mass is 16.2. The van der Waals surface area contributed by atoms with Crippen molar-refractivity contribution in [2.24, 2.45) is 0 Å². The predicted molar refractivity (Wildman–Crippen MR) is 91.5 cm³/mol. The third-order valence-electron chi connectivity index (χ3n) is 4.00. The highest BCUT2D eigenvalue weighted by molar-refractivity contribution is 5.89. The number of aryl methyl sites for hydroxylation is 1. The Hall–Kier alpha value is -2.89. The molecular weight excluding hydrogens is 304 g/mol. The van der Waals surface area contributed by atoms with Crippen LogP contribution in [0.25, 0.3) is 0 Å². The minimum atomic E-state index is -0.293. The first-order chi connectivity index (χ1) is 11.6. The van der Waals surface area contributed by atoms with E-state index in [-0.39, 0.29) is 24.4 Å². The van der Waals surface area contributed by atoms with Gasteiger partial charge in [0.25, 0.3) is 0 Å². The van der Waals surface area contributed by atoms with E-state index in [1.165, 1.54) is 0 Å². The first-order valence-electron chi connectivity index (χ1n) is 7.96. The molecule has 0 radical (unpaired) electrons. The molecule has 6 nitrogen and oxygen atoms in total. The lowest BCUT2D eigenvalue weighted by atomic mass is 10.0. The molecule has 2 heterocycles. The summed E-state index contributed by atoms with van der Waals surface area (Å²) in [6.45, 7) is 2.76. The second-order valence-corrected chi connectivity index (χ2v) is 5.77. The summed E-state index contributed by atoms with van der Waals surface area (Å²) in [6.07, 6.45) is 0.249. The zero-order valence-corrected chi connectivity index (χ0v) is 13.5. The zero-order valence-electron chi connectivity index (χ0n) is 13.5. The fourth-order valence-electron chi connectivity index (χ4n) is 2.84. The average molecular weight is 324 g/mol. The minimum Gasteiger partial charge on any atom is -0.354 e. The third kappa shape index (κ3) is 3.71. The summed E-state index contributed by atoms with van der Waals surface area (Å²) in [7, 11) is 0. The number of pyridine rings is 1. The highest BCUT2D eigenvalue weighted by Gasteiger charge is 2.29. The zero-order chi connectivity index (χ0) is 16.9. The molecule has 2 aromatic rings. The molecule has 1 aromatic carbocycles. The molecule has 1 atom stereocenters. The second kappa shape index (κ2) is 7.12. The molecule has 1 saturated heterocycles. The summed E-state index contributed by atoms with van der Waals surface area (Å²) in [4.78, 5) is 30.7. The van der Waals surface area contributed by atoms with Crippen LogP contribution in [0.4, 0.5) is 10.6 Å². The van der Waals surface area contributed by atoms with E-state index >= 15 is 0 Å².